The number of halogens is 1. The van der Waals surface area contributed by atoms with Crippen LogP contribution < -0.4 is 0 Å². The molecule has 3 nitrogen and oxygen atoms in total. The predicted molar refractivity (Wildman–Crippen MR) is 99.7 cm³/mol. The van der Waals surface area contributed by atoms with Crippen LogP contribution in [0.25, 0.3) is 11.1 Å². The van der Waals surface area contributed by atoms with Gasteiger partial charge in [-0.2, -0.15) is 0 Å². The van der Waals surface area contributed by atoms with Gasteiger partial charge in [0.1, 0.15) is 0 Å². The van der Waals surface area contributed by atoms with Gasteiger partial charge in [0.05, 0.1) is 0 Å². The van der Waals surface area contributed by atoms with Gasteiger partial charge in [0, 0.05) is 29.7 Å². The summed E-state index contributed by atoms with van der Waals surface area (Å²) in [7, 11) is 0. The summed E-state index contributed by atoms with van der Waals surface area (Å²) in [5.41, 5.74) is 4.23. The average molecular weight is 353 g/mol. The highest BCUT2D eigenvalue weighted by Gasteiger charge is 2.42. The van der Waals surface area contributed by atoms with Crippen LogP contribution in [-0.4, -0.2) is 41.4 Å². The van der Waals surface area contributed by atoms with Crippen molar-refractivity contribution in [1.82, 2.24) is 9.80 Å². The molecule has 6 rings (SSSR count). The van der Waals surface area contributed by atoms with Gasteiger partial charge in [-0.3, -0.25) is 4.79 Å². The van der Waals surface area contributed by atoms with Crippen molar-refractivity contribution in [3.05, 3.63) is 58.6 Å². The Balaban J connectivity index is 1.44. The quantitative estimate of drug-likeness (QED) is 0.813. The van der Waals surface area contributed by atoms with Crippen molar-refractivity contribution in [1.29, 1.82) is 0 Å². The number of carbonyl (C=O) groups excluding carboxylic acids is 1. The molecule has 2 aromatic rings. The largest absolute Gasteiger partial charge is 0.330 e. The van der Waals surface area contributed by atoms with E-state index in [0.29, 0.717) is 12.0 Å². The first kappa shape index (κ1) is 15.4. The van der Waals surface area contributed by atoms with Crippen LogP contribution in [0.5, 0.6) is 0 Å². The molecule has 0 spiro atoms. The Kier molecular flexibility index (Phi) is 3.61. The highest BCUT2D eigenvalue weighted by atomic mass is 35.5. The summed E-state index contributed by atoms with van der Waals surface area (Å²) >= 11 is 5.99. The third-order valence-corrected chi connectivity index (χ3v) is 6.39. The predicted octanol–water partition coefficient (Wildman–Crippen LogP) is 4.06. The monoisotopic (exact) mass is 352 g/mol. The molecule has 0 aromatic heterocycles. The van der Waals surface area contributed by atoms with Gasteiger partial charge >= 0.3 is 0 Å². The minimum Gasteiger partial charge on any atom is -0.330 e. The smallest absolute Gasteiger partial charge is 0.254 e. The first-order valence-electron chi connectivity index (χ1n) is 9.11. The molecule has 4 aliphatic heterocycles. The maximum Gasteiger partial charge on any atom is 0.254 e. The van der Waals surface area contributed by atoms with Crippen molar-refractivity contribution in [2.45, 2.75) is 25.4 Å². The molecule has 4 aliphatic rings. The molecule has 0 saturated carbocycles. The molecule has 4 heterocycles. The Morgan fingerprint density at radius 3 is 2.36 bits per heavy atom. The van der Waals surface area contributed by atoms with Crippen LogP contribution in [0.1, 0.15) is 28.8 Å². The maximum absolute atomic E-state index is 13.1. The topological polar surface area (TPSA) is 23.6 Å². The van der Waals surface area contributed by atoms with Gasteiger partial charge in [-0.25, -0.2) is 0 Å². The molecule has 1 amide bonds. The Labute approximate surface area is 153 Å². The summed E-state index contributed by atoms with van der Waals surface area (Å²) in [6.07, 6.45) is 2.47. The summed E-state index contributed by atoms with van der Waals surface area (Å²) in [4.78, 5) is 17.7. The number of hydrogen-bond acceptors (Lipinski definition) is 2. The molecule has 0 N–H and O–H groups in total. The lowest BCUT2D eigenvalue weighted by molar-refractivity contribution is 0.00846. The van der Waals surface area contributed by atoms with Crippen molar-refractivity contribution in [2.24, 2.45) is 5.92 Å². The SMILES string of the molecule is O=C1c2cc(-c3ccc(Cl)cc3)ccc2CN1C1CN2CCC1CC2. The summed E-state index contributed by atoms with van der Waals surface area (Å²) in [5.74, 6) is 0.892. The normalized spacial score (nSPS) is 27.6. The fourth-order valence-corrected chi connectivity index (χ4v) is 4.83. The van der Waals surface area contributed by atoms with Gasteiger partial charge in [-0.05, 0) is 66.7 Å². The second-order valence-electron chi connectivity index (χ2n) is 7.52. The van der Waals surface area contributed by atoms with E-state index in [1.807, 2.05) is 24.3 Å². The summed E-state index contributed by atoms with van der Waals surface area (Å²) < 4.78 is 0. The number of carbonyl (C=O) groups is 1. The Hall–Kier alpha value is -1.84. The highest BCUT2D eigenvalue weighted by molar-refractivity contribution is 6.30. The lowest BCUT2D eigenvalue weighted by Gasteiger charge is -2.48. The standard InChI is InChI=1S/C21H21ClN2O/c22-18-5-3-14(4-6-18)16-1-2-17-12-24(21(25)19(17)11-16)20-13-23-9-7-15(20)8-10-23/h1-6,11,15,20H,7-10,12-13H2. The van der Waals surface area contributed by atoms with Crippen LogP contribution in [0.2, 0.25) is 5.02 Å². The molecule has 2 bridgehead atoms. The number of piperidine rings is 3. The van der Waals surface area contributed by atoms with Crippen LogP contribution in [0, 0.1) is 5.92 Å². The zero-order chi connectivity index (χ0) is 17.0. The second kappa shape index (κ2) is 5.86. The molecule has 3 saturated heterocycles. The van der Waals surface area contributed by atoms with E-state index in [9.17, 15) is 4.79 Å². The van der Waals surface area contributed by atoms with Crippen molar-refractivity contribution in [2.75, 3.05) is 19.6 Å². The summed E-state index contributed by atoms with van der Waals surface area (Å²) in [6, 6.07) is 14.5. The maximum atomic E-state index is 13.1. The molecule has 4 heteroatoms. The molecule has 1 unspecified atom stereocenters. The fraction of sp³-hybridized carbons (Fsp3) is 0.381. The van der Waals surface area contributed by atoms with Gasteiger partial charge in [0.25, 0.3) is 5.91 Å². The fourth-order valence-electron chi connectivity index (χ4n) is 4.70. The molecule has 128 valence electrons. The molecule has 3 fully saturated rings. The number of amides is 1. The molecule has 2 aromatic carbocycles. The van der Waals surface area contributed by atoms with E-state index < -0.39 is 0 Å². The third kappa shape index (κ3) is 2.57. The van der Waals surface area contributed by atoms with E-state index in [0.717, 1.165) is 34.8 Å². The zero-order valence-electron chi connectivity index (χ0n) is 14.1. The second-order valence-corrected chi connectivity index (χ2v) is 7.95. The first-order valence-corrected chi connectivity index (χ1v) is 9.49. The van der Waals surface area contributed by atoms with Crippen molar-refractivity contribution < 1.29 is 4.79 Å². The lowest BCUT2D eigenvalue weighted by atomic mass is 9.83. The van der Waals surface area contributed by atoms with Crippen LogP contribution in [0.3, 0.4) is 0 Å². The molecule has 25 heavy (non-hydrogen) atoms. The minimum absolute atomic E-state index is 0.213. The number of benzene rings is 2. The van der Waals surface area contributed by atoms with Crippen molar-refractivity contribution >= 4 is 17.5 Å². The van der Waals surface area contributed by atoms with E-state index >= 15 is 0 Å². The molecule has 1 atom stereocenters. The molecular weight excluding hydrogens is 332 g/mol. The number of rotatable bonds is 2. The van der Waals surface area contributed by atoms with Gasteiger partial charge in [0.15, 0.2) is 0 Å². The first-order chi connectivity index (χ1) is 12.2. The number of fused-ring (bicyclic) bond motifs is 4. The molecule has 0 aliphatic carbocycles. The van der Waals surface area contributed by atoms with E-state index in [2.05, 4.69) is 28.0 Å². The Morgan fingerprint density at radius 1 is 0.960 bits per heavy atom. The van der Waals surface area contributed by atoms with E-state index in [-0.39, 0.29) is 5.91 Å². The van der Waals surface area contributed by atoms with Gasteiger partial charge in [0.2, 0.25) is 0 Å². The van der Waals surface area contributed by atoms with Gasteiger partial charge < -0.3 is 9.80 Å². The number of hydrogen-bond donors (Lipinski definition) is 0. The Morgan fingerprint density at radius 2 is 1.68 bits per heavy atom. The van der Waals surface area contributed by atoms with Crippen molar-refractivity contribution in [3.63, 3.8) is 0 Å². The summed E-state index contributed by atoms with van der Waals surface area (Å²) in [6.45, 7) is 4.23. The third-order valence-electron chi connectivity index (χ3n) is 6.14. The average Bonchev–Trinajstić information content (AvgIpc) is 2.99. The van der Waals surface area contributed by atoms with E-state index in [4.69, 9.17) is 11.6 Å². The zero-order valence-corrected chi connectivity index (χ0v) is 14.9. The summed E-state index contributed by atoms with van der Waals surface area (Å²) in [5, 5.41) is 0.731. The van der Waals surface area contributed by atoms with Crippen LogP contribution in [0.4, 0.5) is 0 Å². The lowest BCUT2D eigenvalue weighted by Crippen LogP contribution is -2.57. The van der Waals surface area contributed by atoms with Gasteiger partial charge in [-0.1, -0.05) is 35.9 Å². The van der Waals surface area contributed by atoms with E-state index in [1.54, 1.807) is 0 Å². The Bertz CT molecular complexity index is 824. The van der Waals surface area contributed by atoms with E-state index in [1.165, 1.54) is 31.5 Å². The van der Waals surface area contributed by atoms with Crippen LogP contribution in [-0.2, 0) is 6.54 Å². The van der Waals surface area contributed by atoms with Crippen LogP contribution >= 0.6 is 11.6 Å². The van der Waals surface area contributed by atoms with Crippen molar-refractivity contribution in [3.8, 4) is 11.1 Å². The van der Waals surface area contributed by atoms with Gasteiger partial charge in [-0.15, -0.1) is 0 Å². The molecular formula is C21H21ClN2O. The minimum atomic E-state index is 0.213. The highest BCUT2D eigenvalue weighted by Crippen LogP contribution is 2.36. The van der Waals surface area contributed by atoms with Crippen LogP contribution in [0.15, 0.2) is 42.5 Å². The molecule has 0 radical (unpaired) electrons. The number of nitrogens with zero attached hydrogens (tertiary/aromatic N) is 2.